The number of aromatic nitrogens is 1. The van der Waals surface area contributed by atoms with Gasteiger partial charge in [0.05, 0.1) is 0 Å². The van der Waals surface area contributed by atoms with E-state index in [2.05, 4.69) is 116 Å². The molecule has 6 rings (SSSR count). The predicted octanol–water partition coefficient (Wildman–Crippen LogP) is 1.86. The second-order valence-corrected chi connectivity index (χ2v) is 14.4. The molecule has 0 saturated carbocycles. The Labute approximate surface area is 231 Å². The van der Waals surface area contributed by atoms with Crippen molar-refractivity contribution in [3.05, 3.63) is 128 Å². The van der Waals surface area contributed by atoms with Crippen LogP contribution in [0.25, 0.3) is 22.7 Å². The summed E-state index contributed by atoms with van der Waals surface area (Å²) in [5.41, 5.74) is 11.6. The number of hydrogen-bond acceptors (Lipinski definition) is 0. The maximum atomic E-state index is 2.57. The van der Waals surface area contributed by atoms with Gasteiger partial charge in [0.25, 0.3) is 0 Å². The van der Waals surface area contributed by atoms with Crippen LogP contribution in [-0.4, -0.2) is 4.57 Å². The van der Waals surface area contributed by atoms with E-state index in [0.29, 0.717) is 3.67 Å². The smallest absolute Gasteiger partial charge is 1.00 e. The number of halogens is 2. The molecule has 0 radical (unpaired) electrons. The van der Waals surface area contributed by atoms with Crippen LogP contribution in [-0.2, 0) is 29.3 Å². The van der Waals surface area contributed by atoms with E-state index >= 15 is 0 Å². The maximum Gasteiger partial charge on any atom is -1.00 e. The largest absolute Gasteiger partial charge is 1.00 e. The van der Waals surface area contributed by atoms with Crippen molar-refractivity contribution in [3.8, 4) is 0 Å². The zero-order valence-electron chi connectivity index (χ0n) is 19.9. The molecule has 0 bridgehead atoms. The molecule has 3 aromatic carbocycles. The van der Waals surface area contributed by atoms with Crippen molar-refractivity contribution in [2.45, 2.75) is 30.4 Å². The topological polar surface area (TPSA) is 4.93 Å². The van der Waals surface area contributed by atoms with Crippen LogP contribution >= 0.6 is 0 Å². The summed E-state index contributed by atoms with van der Waals surface area (Å²) in [5.74, 6) is 0. The molecule has 174 valence electrons. The first-order chi connectivity index (χ1) is 16.2. The summed E-state index contributed by atoms with van der Waals surface area (Å²) in [5, 5.41) is 1.38. The van der Waals surface area contributed by atoms with Crippen LogP contribution in [0.3, 0.4) is 0 Å². The van der Waals surface area contributed by atoms with Gasteiger partial charge in [-0.25, -0.2) is 0 Å². The zero-order chi connectivity index (χ0) is 22.4. The Kier molecular flexibility index (Phi) is 8.06. The zero-order valence-corrected chi connectivity index (χ0v) is 25.0. The Balaban J connectivity index is 0.00000144. The van der Waals surface area contributed by atoms with Gasteiger partial charge in [-0.1, -0.05) is 0 Å². The van der Waals surface area contributed by atoms with Crippen LogP contribution in [0.15, 0.2) is 99.9 Å². The van der Waals surface area contributed by atoms with E-state index in [1.807, 2.05) is 0 Å². The molecule has 1 nitrogen and oxygen atoms in total. The fourth-order valence-corrected chi connectivity index (χ4v) is 11.6. The van der Waals surface area contributed by atoms with Gasteiger partial charge in [-0.05, 0) is 0 Å². The van der Waals surface area contributed by atoms with Gasteiger partial charge >= 0.3 is 208 Å². The monoisotopic (exact) mass is 663 g/mol. The van der Waals surface area contributed by atoms with Crippen molar-refractivity contribution < 1.29 is 47.7 Å². The number of hydrogen-bond donors (Lipinski definition) is 0. The first-order valence-electron chi connectivity index (χ1n) is 11.8. The van der Waals surface area contributed by atoms with Gasteiger partial charge in [-0.3, -0.25) is 0 Å². The summed E-state index contributed by atoms with van der Waals surface area (Å²) in [6.07, 6.45) is 9.50. The minimum Gasteiger partial charge on any atom is -1.00 e. The number of nitrogens with zero attached hydrogens (tertiary/aromatic N) is 1. The number of rotatable bonds is 5. The number of benzene rings is 3. The summed E-state index contributed by atoms with van der Waals surface area (Å²) in [6, 6.07) is 29.0. The molecule has 0 spiro atoms. The first kappa shape index (κ1) is 25.9. The van der Waals surface area contributed by atoms with Gasteiger partial charge in [0.2, 0.25) is 0 Å². The summed E-state index contributed by atoms with van der Waals surface area (Å²) in [4.78, 5) is 0. The average Bonchev–Trinajstić information content (AvgIpc) is 3.51. The van der Waals surface area contributed by atoms with Gasteiger partial charge in [0.15, 0.2) is 0 Å². The standard InChI is InChI=1S/C19H16N.C12H11.2ClH.Hf/c1-13-14(2)20(19-10-6-5-9-18(13)19)17-11-15-7-3-4-8-16(15)12-17;1-2-6-11(7-3-1)10-12-8-4-5-9-12;;;/h3-12H,1-2H3;1-4,6-8H,5,10H2;2*1H;/q;;;;+2/p-2. The fraction of sp³-hybridized carbons (Fsp3) is 0.161. The van der Waals surface area contributed by atoms with Crippen LogP contribution in [0, 0.1) is 13.8 Å². The molecule has 1 heterocycles. The van der Waals surface area contributed by atoms with Crippen molar-refractivity contribution in [2.75, 3.05) is 0 Å². The minimum atomic E-state index is -1.19. The Morgan fingerprint density at radius 2 is 1.57 bits per heavy atom. The third-order valence-corrected chi connectivity index (χ3v) is 13.5. The van der Waals surface area contributed by atoms with E-state index in [0.717, 1.165) is 12.8 Å². The molecule has 0 N–H and O–H groups in total. The molecule has 4 heteroatoms. The van der Waals surface area contributed by atoms with E-state index in [4.69, 9.17) is 0 Å². The second kappa shape index (κ2) is 10.9. The number of para-hydroxylation sites is 1. The predicted molar refractivity (Wildman–Crippen MR) is 136 cm³/mol. The molecule has 0 aliphatic heterocycles. The maximum absolute atomic E-state index is 2.57. The summed E-state index contributed by atoms with van der Waals surface area (Å²) in [6.45, 7) is 4.57. The molecule has 1 atom stereocenters. The second-order valence-electron chi connectivity index (χ2n) is 9.11. The van der Waals surface area contributed by atoms with Crippen LogP contribution in [0.5, 0.6) is 0 Å². The summed E-state index contributed by atoms with van der Waals surface area (Å²) >= 11 is -1.19. The third kappa shape index (κ3) is 4.69. The average molecular weight is 663 g/mol. The molecule has 0 amide bonds. The quantitative estimate of drug-likeness (QED) is 0.288. The SMILES string of the molecule is Cc1c(C)n(C2=Cc3ccccc3[CH]2[Hf+2][C]2=C(Cc3ccccc3)C=CC2)c2ccccc12.[Cl-].[Cl-]. The normalized spacial score (nSPS) is 15.9. The first-order valence-corrected chi connectivity index (χ1v) is 15.6. The Morgan fingerprint density at radius 1 is 0.857 bits per heavy atom. The van der Waals surface area contributed by atoms with Crippen LogP contribution in [0.2, 0.25) is 0 Å². The minimum absolute atomic E-state index is 0. The van der Waals surface area contributed by atoms with E-state index in [-0.39, 0.29) is 24.8 Å². The van der Waals surface area contributed by atoms with Gasteiger partial charge in [-0.2, -0.15) is 0 Å². The molecular formula is C31H27Cl2HfN. The molecule has 0 saturated heterocycles. The molecular weight excluding hydrogens is 636 g/mol. The Hall–Kier alpha value is -2.13. The molecule has 2 aliphatic rings. The number of fused-ring (bicyclic) bond motifs is 2. The van der Waals surface area contributed by atoms with E-state index < -0.39 is 22.9 Å². The Morgan fingerprint density at radius 3 is 2.40 bits per heavy atom. The number of allylic oxidation sites excluding steroid dienone is 5. The summed E-state index contributed by atoms with van der Waals surface area (Å²) in [7, 11) is 0. The van der Waals surface area contributed by atoms with Crippen molar-refractivity contribution in [1.29, 1.82) is 0 Å². The van der Waals surface area contributed by atoms with Crippen molar-refractivity contribution in [1.82, 2.24) is 4.57 Å². The Bertz CT molecular complexity index is 1460. The van der Waals surface area contributed by atoms with E-state index in [1.54, 1.807) is 14.5 Å². The molecule has 1 unspecified atom stereocenters. The van der Waals surface area contributed by atoms with E-state index in [9.17, 15) is 0 Å². The molecule has 35 heavy (non-hydrogen) atoms. The van der Waals surface area contributed by atoms with Crippen LogP contribution < -0.4 is 24.8 Å². The van der Waals surface area contributed by atoms with Gasteiger partial charge < -0.3 is 24.8 Å². The van der Waals surface area contributed by atoms with E-state index in [1.165, 1.54) is 39.0 Å². The molecule has 4 aromatic rings. The van der Waals surface area contributed by atoms with Crippen molar-refractivity contribution >= 4 is 22.7 Å². The number of aryl methyl sites for hydroxylation is 1. The fourth-order valence-electron chi connectivity index (χ4n) is 5.37. The summed E-state index contributed by atoms with van der Waals surface area (Å²) < 4.78 is 4.91. The molecule has 0 fully saturated rings. The third-order valence-electron chi connectivity index (χ3n) is 7.18. The van der Waals surface area contributed by atoms with Crippen molar-refractivity contribution in [3.63, 3.8) is 0 Å². The van der Waals surface area contributed by atoms with Gasteiger partial charge in [-0.15, -0.1) is 0 Å². The van der Waals surface area contributed by atoms with Crippen LogP contribution in [0.4, 0.5) is 0 Å². The van der Waals surface area contributed by atoms with Crippen molar-refractivity contribution in [2.24, 2.45) is 0 Å². The molecule has 1 aromatic heterocycles. The van der Waals surface area contributed by atoms with Crippen LogP contribution in [0.1, 0.15) is 38.0 Å². The molecule has 2 aliphatic carbocycles. The van der Waals surface area contributed by atoms with Gasteiger partial charge in [0, 0.05) is 0 Å². The van der Waals surface area contributed by atoms with Gasteiger partial charge in [0.1, 0.15) is 0 Å².